The quantitative estimate of drug-likeness (QED) is 0.599. The average molecular weight is 351 g/mol. The fourth-order valence-corrected chi connectivity index (χ4v) is 4.79. The molecule has 0 saturated carbocycles. The zero-order valence-electron chi connectivity index (χ0n) is 14.5. The third kappa shape index (κ3) is 2.56. The molecule has 0 bridgehead atoms. The van der Waals surface area contributed by atoms with Crippen LogP contribution >= 0.6 is 11.3 Å². The van der Waals surface area contributed by atoms with Crippen LogP contribution < -0.4 is 5.32 Å². The summed E-state index contributed by atoms with van der Waals surface area (Å²) >= 11 is 1.77. The number of aryl methyl sites for hydroxylation is 2. The Hall–Kier alpha value is -2.18. The van der Waals surface area contributed by atoms with E-state index in [1.165, 1.54) is 39.9 Å². The van der Waals surface area contributed by atoms with Crippen LogP contribution in [0, 0.1) is 6.92 Å². The summed E-state index contributed by atoms with van der Waals surface area (Å²) in [5.74, 6) is 0.603. The Morgan fingerprint density at radius 1 is 1.16 bits per heavy atom. The van der Waals surface area contributed by atoms with Gasteiger partial charge in [0.2, 0.25) is 0 Å². The van der Waals surface area contributed by atoms with Gasteiger partial charge in [0.05, 0.1) is 16.1 Å². The standard InChI is InChI=1S/C19H21N5S/c1-12-7-14(8-15-9-23(2)22-18(12)15)17-11-24-10-16(21-19(24)25-17)13-3-5-20-6-4-13/h7-11,13,20H,3-6H2,1-2H3. The minimum Gasteiger partial charge on any atom is -0.317 e. The third-order valence-corrected chi connectivity index (χ3v) is 6.18. The molecule has 0 atom stereocenters. The Morgan fingerprint density at radius 2 is 2.00 bits per heavy atom. The number of nitrogens with one attached hydrogen (secondary N) is 1. The van der Waals surface area contributed by atoms with Crippen molar-refractivity contribution in [3.63, 3.8) is 0 Å². The van der Waals surface area contributed by atoms with E-state index in [1.807, 2.05) is 11.7 Å². The number of nitrogens with zero attached hydrogens (tertiary/aromatic N) is 4. The van der Waals surface area contributed by atoms with Crippen LogP contribution in [-0.4, -0.2) is 32.3 Å². The van der Waals surface area contributed by atoms with Crippen molar-refractivity contribution in [2.75, 3.05) is 13.1 Å². The van der Waals surface area contributed by atoms with E-state index < -0.39 is 0 Å². The van der Waals surface area contributed by atoms with Gasteiger partial charge in [-0.1, -0.05) is 11.3 Å². The molecule has 5 rings (SSSR count). The number of piperidine rings is 1. The molecule has 5 nitrogen and oxygen atoms in total. The molecule has 4 aromatic rings. The summed E-state index contributed by atoms with van der Waals surface area (Å²) in [6.07, 6.45) is 8.90. The number of benzene rings is 1. The van der Waals surface area contributed by atoms with Crippen molar-refractivity contribution >= 4 is 27.2 Å². The lowest BCUT2D eigenvalue weighted by atomic mass is 9.95. The van der Waals surface area contributed by atoms with Gasteiger partial charge >= 0.3 is 0 Å². The first-order valence-corrected chi connectivity index (χ1v) is 9.62. The molecule has 4 heterocycles. The summed E-state index contributed by atoms with van der Waals surface area (Å²) in [6, 6.07) is 4.46. The van der Waals surface area contributed by atoms with Gasteiger partial charge in [-0.2, -0.15) is 5.10 Å². The van der Waals surface area contributed by atoms with Crippen LogP contribution in [0.5, 0.6) is 0 Å². The van der Waals surface area contributed by atoms with Gasteiger partial charge < -0.3 is 5.32 Å². The number of hydrogen-bond donors (Lipinski definition) is 1. The number of thiazole rings is 1. The number of rotatable bonds is 2. The average Bonchev–Trinajstić information content (AvgIpc) is 3.27. The van der Waals surface area contributed by atoms with Crippen molar-refractivity contribution in [1.29, 1.82) is 0 Å². The van der Waals surface area contributed by atoms with Crippen LogP contribution in [0.2, 0.25) is 0 Å². The Balaban J connectivity index is 1.53. The lowest BCUT2D eigenvalue weighted by Gasteiger charge is -2.20. The maximum atomic E-state index is 4.91. The lowest BCUT2D eigenvalue weighted by Crippen LogP contribution is -2.26. The lowest BCUT2D eigenvalue weighted by molar-refractivity contribution is 0.454. The first kappa shape index (κ1) is 15.1. The molecule has 0 aliphatic carbocycles. The second kappa shape index (κ2) is 5.68. The highest BCUT2D eigenvalue weighted by Crippen LogP contribution is 2.33. The van der Waals surface area contributed by atoms with E-state index in [0.29, 0.717) is 5.92 Å². The molecule has 1 aliphatic heterocycles. The third-order valence-electron chi connectivity index (χ3n) is 5.13. The molecule has 1 aromatic carbocycles. The number of imidazole rings is 1. The molecule has 3 aromatic heterocycles. The van der Waals surface area contributed by atoms with Crippen molar-refractivity contribution in [2.24, 2.45) is 7.05 Å². The molecule has 0 spiro atoms. The van der Waals surface area contributed by atoms with Crippen molar-refractivity contribution in [2.45, 2.75) is 25.7 Å². The fraction of sp³-hybridized carbons (Fsp3) is 0.368. The summed E-state index contributed by atoms with van der Waals surface area (Å²) < 4.78 is 4.08. The zero-order valence-corrected chi connectivity index (χ0v) is 15.3. The minimum absolute atomic E-state index is 0.603. The summed E-state index contributed by atoms with van der Waals surface area (Å²) in [4.78, 5) is 7.26. The monoisotopic (exact) mass is 351 g/mol. The van der Waals surface area contributed by atoms with Crippen LogP contribution in [0.15, 0.2) is 30.7 Å². The van der Waals surface area contributed by atoms with Crippen molar-refractivity contribution < 1.29 is 0 Å². The molecule has 25 heavy (non-hydrogen) atoms. The van der Waals surface area contributed by atoms with Gasteiger partial charge in [-0.25, -0.2) is 4.98 Å². The Morgan fingerprint density at radius 3 is 2.80 bits per heavy atom. The van der Waals surface area contributed by atoms with E-state index in [9.17, 15) is 0 Å². The van der Waals surface area contributed by atoms with E-state index in [1.54, 1.807) is 11.3 Å². The minimum atomic E-state index is 0.603. The van der Waals surface area contributed by atoms with E-state index in [2.05, 4.69) is 52.5 Å². The SMILES string of the molecule is Cc1cc(-c2cn3cc(C4CCNCC4)nc3s2)cc2cn(C)nc12. The van der Waals surface area contributed by atoms with Gasteiger partial charge in [-0.15, -0.1) is 0 Å². The topological polar surface area (TPSA) is 47.1 Å². The maximum Gasteiger partial charge on any atom is 0.194 e. The Kier molecular flexibility index (Phi) is 3.43. The predicted octanol–water partition coefficient (Wildman–Crippen LogP) is 3.72. The Bertz CT molecular complexity index is 1030. The predicted molar refractivity (Wildman–Crippen MR) is 102 cm³/mol. The molecule has 1 saturated heterocycles. The van der Waals surface area contributed by atoms with Gasteiger partial charge in [0.1, 0.15) is 0 Å². The van der Waals surface area contributed by atoms with E-state index in [0.717, 1.165) is 23.6 Å². The number of hydrogen-bond acceptors (Lipinski definition) is 4. The van der Waals surface area contributed by atoms with Crippen molar-refractivity contribution in [3.8, 4) is 10.4 Å². The highest BCUT2D eigenvalue weighted by molar-refractivity contribution is 7.20. The number of aromatic nitrogens is 4. The van der Waals surface area contributed by atoms with Gasteiger partial charge in [-0.3, -0.25) is 9.08 Å². The smallest absolute Gasteiger partial charge is 0.194 e. The highest BCUT2D eigenvalue weighted by Gasteiger charge is 2.19. The van der Waals surface area contributed by atoms with Crippen LogP contribution in [0.3, 0.4) is 0 Å². The zero-order chi connectivity index (χ0) is 17.0. The summed E-state index contributed by atoms with van der Waals surface area (Å²) in [7, 11) is 1.97. The molecule has 6 heteroatoms. The van der Waals surface area contributed by atoms with Crippen LogP contribution in [0.1, 0.15) is 30.0 Å². The second-order valence-electron chi connectivity index (χ2n) is 7.01. The molecule has 1 aliphatic rings. The number of fused-ring (bicyclic) bond motifs is 2. The molecule has 0 radical (unpaired) electrons. The van der Waals surface area contributed by atoms with Gasteiger partial charge in [-0.05, 0) is 56.1 Å². The highest BCUT2D eigenvalue weighted by atomic mass is 32.1. The maximum absolute atomic E-state index is 4.91. The normalized spacial score (nSPS) is 16.2. The van der Waals surface area contributed by atoms with Gasteiger partial charge in [0, 0.05) is 36.9 Å². The largest absolute Gasteiger partial charge is 0.317 e. The second-order valence-corrected chi connectivity index (χ2v) is 8.02. The van der Waals surface area contributed by atoms with E-state index in [-0.39, 0.29) is 0 Å². The van der Waals surface area contributed by atoms with Crippen molar-refractivity contribution in [3.05, 3.63) is 42.0 Å². The molecule has 0 unspecified atom stereocenters. The molecule has 1 fully saturated rings. The molecule has 128 valence electrons. The first-order chi connectivity index (χ1) is 12.2. The van der Waals surface area contributed by atoms with Gasteiger partial charge in [0.15, 0.2) is 4.96 Å². The van der Waals surface area contributed by atoms with E-state index in [4.69, 9.17) is 4.98 Å². The molecule has 0 amide bonds. The van der Waals surface area contributed by atoms with Crippen molar-refractivity contribution in [1.82, 2.24) is 24.5 Å². The summed E-state index contributed by atoms with van der Waals surface area (Å²) in [5.41, 5.74) is 4.80. The summed E-state index contributed by atoms with van der Waals surface area (Å²) in [6.45, 7) is 4.34. The van der Waals surface area contributed by atoms with Gasteiger partial charge in [0.25, 0.3) is 0 Å². The molecule has 1 N–H and O–H groups in total. The van der Waals surface area contributed by atoms with Crippen LogP contribution in [0.25, 0.3) is 26.3 Å². The fourth-order valence-electron chi connectivity index (χ4n) is 3.83. The Labute approximate surface area is 150 Å². The first-order valence-electron chi connectivity index (χ1n) is 8.81. The van der Waals surface area contributed by atoms with Crippen LogP contribution in [0.4, 0.5) is 0 Å². The summed E-state index contributed by atoms with van der Waals surface area (Å²) in [5, 5.41) is 9.16. The molecular weight excluding hydrogens is 330 g/mol. The van der Waals surface area contributed by atoms with E-state index >= 15 is 0 Å². The molecular formula is C19H21N5S. The van der Waals surface area contributed by atoms with Crippen LogP contribution in [-0.2, 0) is 7.05 Å².